The topological polar surface area (TPSA) is 57.1 Å². The van der Waals surface area contributed by atoms with Gasteiger partial charge in [-0.2, -0.15) is 0 Å². The molecule has 6 heteroatoms. The predicted molar refractivity (Wildman–Crippen MR) is 106 cm³/mol. The maximum absolute atomic E-state index is 13.5. The summed E-state index contributed by atoms with van der Waals surface area (Å²) >= 11 is 0. The van der Waals surface area contributed by atoms with Crippen LogP contribution in [0.4, 0.5) is 4.39 Å². The highest BCUT2D eigenvalue weighted by Crippen LogP contribution is 2.12. The van der Waals surface area contributed by atoms with E-state index >= 15 is 0 Å². The molecule has 0 amide bonds. The summed E-state index contributed by atoms with van der Waals surface area (Å²) in [6, 6.07) is 12.7. The molecule has 0 saturated heterocycles. The lowest BCUT2D eigenvalue weighted by Crippen LogP contribution is -2.40. The minimum absolute atomic E-state index is 0.285. The second-order valence-corrected chi connectivity index (χ2v) is 6.34. The maximum Gasteiger partial charge on any atom is 0.194 e. The van der Waals surface area contributed by atoms with Crippen LogP contribution in [-0.4, -0.2) is 42.7 Å². The third-order valence-electron chi connectivity index (χ3n) is 4.10. The van der Waals surface area contributed by atoms with Crippen molar-refractivity contribution >= 4 is 5.96 Å². The number of aliphatic hydroxyl groups excluding tert-OH is 1. The fourth-order valence-corrected chi connectivity index (χ4v) is 2.52. The highest BCUT2D eigenvalue weighted by Gasteiger charge is 2.07. The Morgan fingerprint density at radius 3 is 2.63 bits per heavy atom. The lowest BCUT2D eigenvalue weighted by atomic mass is 10.1. The number of halogens is 1. The highest BCUT2D eigenvalue weighted by molar-refractivity contribution is 5.79. The Kier molecular flexibility index (Phi) is 8.07. The van der Waals surface area contributed by atoms with Gasteiger partial charge in [-0.05, 0) is 43.7 Å². The third kappa shape index (κ3) is 6.57. The van der Waals surface area contributed by atoms with Gasteiger partial charge in [0.2, 0.25) is 0 Å². The zero-order chi connectivity index (χ0) is 19.6. The van der Waals surface area contributed by atoms with Crippen molar-refractivity contribution in [3.05, 3.63) is 65.0 Å². The number of nitrogens with one attached hydrogen (secondary N) is 1. The maximum atomic E-state index is 13.5. The summed E-state index contributed by atoms with van der Waals surface area (Å²) in [4.78, 5) is 6.59. The van der Waals surface area contributed by atoms with Gasteiger partial charge in [-0.3, -0.25) is 0 Å². The molecule has 2 N–H and O–H groups in total. The van der Waals surface area contributed by atoms with Gasteiger partial charge in [0, 0.05) is 19.2 Å². The van der Waals surface area contributed by atoms with Crippen molar-refractivity contribution in [1.29, 1.82) is 0 Å². The average Bonchev–Trinajstić information content (AvgIpc) is 2.67. The summed E-state index contributed by atoms with van der Waals surface area (Å²) in [5.41, 5.74) is 2.33. The predicted octanol–water partition coefficient (Wildman–Crippen LogP) is 3.10. The molecule has 0 heterocycles. The molecule has 0 spiro atoms. The SMILES string of the molecule is CCNC(=NCc1ccc(F)c(CO)c1)N(C)CCOc1ccc(C)cc1. The molecule has 0 fully saturated rings. The smallest absolute Gasteiger partial charge is 0.194 e. The largest absolute Gasteiger partial charge is 0.492 e. The number of aliphatic hydroxyl groups is 1. The standard InChI is InChI=1S/C21H28FN3O2/c1-4-23-21(24-14-17-7-10-20(22)18(13-17)15-26)25(3)11-12-27-19-8-5-16(2)6-9-19/h5-10,13,26H,4,11-12,14-15H2,1-3H3,(H,23,24). The molecule has 2 aromatic carbocycles. The second kappa shape index (κ2) is 10.5. The van der Waals surface area contributed by atoms with Gasteiger partial charge in [-0.15, -0.1) is 0 Å². The highest BCUT2D eigenvalue weighted by atomic mass is 19.1. The lowest BCUT2D eigenvalue weighted by Gasteiger charge is -2.22. The molecular weight excluding hydrogens is 345 g/mol. The molecule has 2 aromatic rings. The van der Waals surface area contributed by atoms with Crippen LogP contribution in [0.2, 0.25) is 0 Å². The van der Waals surface area contributed by atoms with Crippen LogP contribution >= 0.6 is 0 Å². The van der Waals surface area contributed by atoms with E-state index in [0.717, 1.165) is 23.8 Å². The molecule has 5 nitrogen and oxygen atoms in total. The van der Waals surface area contributed by atoms with E-state index in [1.54, 1.807) is 12.1 Å². The number of hydrogen-bond acceptors (Lipinski definition) is 3. The number of aliphatic imine (C=N–C) groups is 1. The van der Waals surface area contributed by atoms with Gasteiger partial charge >= 0.3 is 0 Å². The number of ether oxygens (including phenoxy) is 1. The van der Waals surface area contributed by atoms with E-state index < -0.39 is 5.82 Å². The first-order chi connectivity index (χ1) is 13.0. The van der Waals surface area contributed by atoms with E-state index in [-0.39, 0.29) is 12.2 Å². The fourth-order valence-electron chi connectivity index (χ4n) is 2.52. The van der Waals surface area contributed by atoms with Gasteiger partial charge in [0.1, 0.15) is 18.2 Å². The molecule has 0 aromatic heterocycles. The Morgan fingerprint density at radius 2 is 1.96 bits per heavy atom. The van der Waals surface area contributed by atoms with E-state index in [1.165, 1.54) is 11.6 Å². The number of nitrogens with zero attached hydrogens (tertiary/aromatic N) is 2. The van der Waals surface area contributed by atoms with Crippen LogP contribution in [0.5, 0.6) is 5.75 Å². The monoisotopic (exact) mass is 373 g/mol. The number of aryl methyl sites for hydroxylation is 1. The fraction of sp³-hybridized carbons (Fsp3) is 0.381. The molecule has 2 rings (SSSR count). The van der Waals surface area contributed by atoms with Gasteiger partial charge in [0.25, 0.3) is 0 Å². The molecule has 0 aliphatic rings. The van der Waals surface area contributed by atoms with Gasteiger partial charge < -0.3 is 20.1 Å². The van der Waals surface area contributed by atoms with Crippen LogP contribution in [0.15, 0.2) is 47.5 Å². The summed E-state index contributed by atoms with van der Waals surface area (Å²) in [6.45, 7) is 6.08. The van der Waals surface area contributed by atoms with E-state index in [2.05, 4.69) is 10.3 Å². The second-order valence-electron chi connectivity index (χ2n) is 6.34. The first-order valence-electron chi connectivity index (χ1n) is 9.10. The Bertz CT molecular complexity index is 748. The van der Waals surface area contributed by atoms with E-state index in [9.17, 15) is 9.50 Å². The van der Waals surface area contributed by atoms with Gasteiger partial charge in [0.15, 0.2) is 5.96 Å². The van der Waals surface area contributed by atoms with Crippen molar-refractivity contribution in [2.75, 3.05) is 26.7 Å². The molecule has 0 aliphatic heterocycles. The summed E-state index contributed by atoms with van der Waals surface area (Å²) in [5, 5.41) is 12.4. The number of guanidine groups is 1. The normalized spacial score (nSPS) is 11.4. The molecule has 0 unspecified atom stereocenters. The molecule has 0 saturated carbocycles. The van der Waals surface area contributed by atoms with Gasteiger partial charge in [0.05, 0.1) is 19.7 Å². The summed E-state index contributed by atoms with van der Waals surface area (Å²) in [6.07, 6.45) is 0. The van der Waals surface area contributed by atoms with Gasteiger partial charge in [-0.25, -0.2) is 9.38 Å². The summed E-state index contributed by atoms with van der Waals surface area (Å²) in [7, 11) is 1.95. The Hall–Kier alpha value is -2.60. The first-order valence-corrected chi connectivity index (χ1v) is 9.10. The van der Waals surface area contributed by atoms with Crippen molar-refractivity contribution in [3.8, 4) is 5.75 Å². The summed E-state index contributed by atoms with van der Waals surface area (Å²) < 4.78 is 19.3. The Balaban J connectivity index is 1.93. The molecule has 0 bridgehead atoms. The molecule has 146 valence electrons. The lowest BCUT2D eigenvalue weighted by molar-refractivity contribution is 0.275. The van der Waals surface area contributed by atoms with Crippen molar-refractivity contribution in [2.24, 2.45) is 4.99 Å². The molecule has 0 radical (unpaired) electrons. The zero-order valence-corrected chi connectivity index (χ0v) is 16.2. The van der Waals surface area contributed by atoms with Gasteiger partial charge in [-0.1, -0.05) is 23.8 Å². The minimum Gasteiger partial charge on any atom is -0.492 e. The van der Waals surface area contributed by atoms with E-state index in [0.29, 0.717) is 19.7 Å². The average molecular weight is 373 g/mol. The number of benzene rings is 2. The summed E-state index contributed by atoms with van der Waals surface area (Å²) in [5.74, 6) is 1.20. The molecule has 0 atom stereocenters. The Labute approximate surface area is 160 Å². The quantitative estimate of drug-likeness (QED) is 0.551. The molecule has 27 heavy (non-hydrogen) atoms. The first kappa shape index (κ1) is 20.7. The zero-order valence-electron chi connectivity index (χ0n) is 16.2. The Morgan fingerprint density at radius 1 is 1.22 bits per heavy atom. The number of likely N-dealkylation sites (N-methyl/N-ethyl adjacent to an activating group) is 1. The molecule has 0 aliphatic carbocycles. The van der Waals surface area contributed by atoms with Crippen LogP contribution < -0.4 is 10.1 Å². The van der Waals surface area contributed by atoms with Crippen molar-refractivity contribution in [3.63, 3.8) is 0 Å². The molecular formula is C21H28FN3O2. The van der Waals surface area contributed by atoms with Crippen LogP contribution in [0.25, 0.3) is 0 Å². The van der Waals surface area contributed by atoms with E-state index in [4.69, 9.17) is 4.74 Å². The van der Waals surface area contributed by atoms with Crippen molar-refractivity contribution < 1.29 is 14.2 Å². The van der Waals surface area contributed by atoms with E-state index in [1.807, 2.05) is 50.1 Å². The van der Waals surface area contributed by atoms with Crippen LogP contribution in [0.1, 0.15) is 23.6 Å². The van der Waals surface area contributed by atoms with Crippen molar-refractivity contribution in [1.82, 2.24) is 10.2 Å². The third-order valence-corrected chi connectivity index (χ3v) is 4.10. The van der Waals surface area contributed by atoms with Crippen molar-refractivity contribution in [2.45, 2.75) is 27.0 Å². The number of hydrogen-bond donors (Lipinski definition) is 2. The number of rotatable bonds is 8. The minimum atomic E-state index is -0.400. The van der Waals surface area contributed by atoms with Crippen LogP contribution in [-0.2, 0) is 13.2 Å². The van der Waals surface area contributed by atoms with Crippen LogP contribution in [0.3, 0.4) is 0 Å². The van der Waals surface area contributed by atoms with Crippen LogP contribution in [0, 0.1) is 12.7 Å².